The van der Waals surface area contributed by atoms with Crippen LogP contribution in [0.5, 0.6) is 5.75 Å². The number of fused-ring (bicyclic) bond motifs is 1. The van der Waals surface area contributed by atoms with E-state index >= 15 is 0 Å². The normalized spacial score (nSPS) is 18.2. The van der Waals surface area contributed by atoms with E-state index in [1.54, 1.807) is 0 Å². The van der Waals surface area contributed by atoms with E-state index in [0.29, 0.717) is 6.54 Å². The first-order valence-corrected chi connectivity index (χ1v) is 11.7. The third-order valence-corrected chi connectivity index (χ3v) is 6.67. The van der Waals surface area contributed by atoms with E-state index in [-0.39, 0.29) is 18.6 Å². The number of aryl methyl sites for hydroxylation is 2. The molecule has 1 fully saturated rings. The summed E-state index contributed by atoms with van der Waals surface area (Å²) >= 11 is 0. The van der Waals surface area contributed by atoms with Gasteiger partial charge in [0.25, 0.3) is 5.91 Å². The minimum absolute atomic E-state index is 0.0356. The third-order valence-electron chi connectivity index (χ3n) is 6.67. The maximum absolute atomic E-state index is 12.6. The fourth-order valence-corrected chi connectivity index (χ4v) is 4.72. The van der Waals surface area contributed by atoms with E-state index in [1.165, 1.54) is 23.2 Å². The molecule has 172 valence electrons. The molecule has 0 bridgehead atoms. The Hall–Kier alpha value is -2.57. The second-order valence-electron chi connectivity index (χ2n) is 9.18. The van der Waals surface area contributed by atoms with Crippen LogP contribution in [0.1, 0.15) is 29.2 Å². The van der Waals surface area contributed by atoms with E-state index < -0.39 is 0 Å². The summed E-state index contributed by atoms with van der Waals surface area (Å²) in [7, 11) is 4.34. The Balaban J connectivity index is 1.43. The van der Waals surface area contributed by atoms with Crippen molar-refractivity contribution < 1.29 is 9.53 Å². The summed E-state index contributed by atoms with van der Waals surface area (Å²) in [6.45, 7) is 7.88. The second-order valence-corrected chi connectivity index (χ2v) is 9.18. The molecule has 2 aliphatic rings. The van der Waals surface area contributed by atoms with Crippen LogP contribution in [0.3, 0.4) is 0 Å². The third kappa shape index (κ3) is 5.61. The lowest BCUT2D eigenvalue weighted by Gasteiger charge is -2.39. The number of hydrogen-bond donors (Lipinski definition) is 1. The standard InChI is InChI=1S/C26H36N4O2/c1-20-6-4-8-23(16-20)32-19-26(31)27-18-25(30-14-12-28(2)13-15-30)22-9-10-24-21(17-22)7-5-11-29(24)3/h4,6,8-10,16-17,25H,5,7,11-15,18-19H2,1-3H3,(H,27,31). The summed E-state index contributed by atoms with van der Waals surface area (Å²) in [6, 6.07) is 14.8. The molecule has 1 atom stereocenters. The number of rotatable bonds is 7. The molecule has 0 saturated carbocycles. The number of nitrogens with one attached hydrogen (secondary N) is 1. The van der Waals surface area contributed by atoms with Gasteiger partial charge in [-0.2, -0.15) is 0 Å². The fraction of sp³-hybridized carbons (Fsp3) is 0.500. The highest BCUT2D eigenvalue weighted by atomic mass is 16.5. The Bertz CT molecular complexity index is 924. The Labute approximate surface area is 192 Å². The molecule has 2 heterocycles. The first-order valence-electron chi connectivity index (χ1n) is 11.7. The molecule has 0 aromatic heterocycles. The van der Waals surface area contributed by atoms with Gasteiger partial charge in [-0.05, 0) is 61.7 Å². The van der Waals surface area contributed by atoms with Gasteiger partial charge in [0.1, 0.15) is 5.75 Å². The van der Waals surface area contributed by atoms with E-state index in [1.807, 2.05) is 31.2 Å². The van der Waals surface area contributed by atoms with Gasteiger partial charge in [0.05, 0.1) is 6.04 Å². The minimum Gasteiger partial charge on any atom is -0.484 e. The van der Waals surface area contributed by atoms with E-state index in [0.717, 1.165) is 50.5 Å². The van der Waals surface area contributed by atoms with Crippen molar-refractivity contribution in [2.45, 2.75) is 25.8 Å². The number of carbonyl (C=O) groups excluding carboxylic acids is 1. The van der Waals surface area contributed by atoms with Gasteiger partial charge in [-0.1, -0.05) is 24.3 Å². The van der Waals surface area contributed by atoms with Crippen molar-refractivity contribution >= 4 is 11.6 Å². The van der Waals surface area contributed by atoms with Crippen LogP contribution in [0.2, 0.25) is 0 Å². The first kappa shape index (κ1) is 22.6. The van der Waals surface area contributed by atoms with Crippen molar-refractivity contribution in [3.05, 3.63) is 59.2 Å². The van der Waals surface area contributed by atoms with Crippen molar-refractivity contribution in [3.8, 4) is 5.75 Å². The van der Waals surface area contributed by atoms with Crippen molar-refractivity contribution in [2.24, 2.45) is 0 Å². The molecule has 1 amide bonds. The fourth-order valence-electron chi connectivity index (χ4n) is 4.72. The zero-order chi connectivity index (χ0) is 22.5. The molecule has 6 nitrogen and oxygen atoms in total. The highest BCUT2D eigenvalue weighted by molar-refractivity contribution is 5.77. The Kier molecular flexibility index (Phi) is 7.33. The summed E-state index contributed by atoms with van der Waals surface area (Å²) in [5.74, 6) is 0.651. The number of likely N-dealkylation sites (N-methyl/N-ethyl adjacent to an activating group) is 1. The SMILES string of the molecule is Cc1cccc(OCC(=O)NCC(c2ccc3c(c2)CCCN3C)N2CCN(C)CC2)c1. The zero-order valence-corrected chi connectivity index (χ0v) is 19.6. The summed E-state index contributed by atoms with van der Waals surface area (Å²) in [4.78, 5) is 19.8. The molecule has 4 rings (SSSR count). The summed E-state index contributed by atoms with van der Waals surface area (Å²) in [5.41, 5.74) is 5.18. The molecule has 0 spiro atoms. The van der Waals surface area contributed by atoms with Crippen LogP contribution in [0, 0.1) is 6.92 Å². The molecule has 2 aliphatic heterocycles. The van der Waals surface area contributed by atoms with Crippen LogP contribution in [-0.2, 0) is 11.2 Å². The van der Waals surface area contributed by atoms with Gasteiger partial charge in [0.2, 0.25) is 0 Å². The van der Waals surface area contributed by atoms with Crippen molar-refractivity contribution in [3.63, 3.8) is 0 Å². The quantitative estimate of drug-likeness (QED) is 0.723. The monoisotopic (exact) mass is 436 g/mol. The van der Waals surface area contributed by atoms with E-state index in [4.69, 9.17) is 4.74 Å². The van der Waals surface area contributed by atoms with Crippen LogP contribution in [0.25, 0.3) is 0 Å². The lowest BCUT2D eigenvalue weighted by molar-refractivity contribution is -0.123. The molecule has 1 saturated heterocycles. The molecule has 32 heavy (non-hydrogen) atoms. The van der Waals surface area contributed by atoms with Crippen LogP contribution in [0.4, 0.5) is 5.69 Å². The predicted octanol–water partition coefficient (Wildman–Crippen LogP) is 2.86. The van der Waals surface area contributed by atoms with Gasteiger partial charge in [0.15, 0.2) is 6.61 Å². The van der Waals surface area contributed by atoms with Crippen LogP contribution >= 0.6 is 0 Å². The van der Waals surface area contributed by atoms with Gasteiger partial charge in [-0.25, -0.2) is 0 Å². The maximum atomic E-state index is 12.6. The molecule has 0 aliphatic carbocycles. The van der Waals surface area contributed by atoms with Gasteiger partial charge in [-0.15, -0.1) is 0 Å². The van der Waals surface area contributed by atoms with Crippen LogP contribution in [0.15, 0.2) is 42.5 Å². The number of benzene rings is 2. The molecular weight excluding hydrogens is 400 g/mol. The number of hydrogen-bond acceptors (Lipinski definition) is 5. The highest BCUT2D eigenvalue weighted by Crippen LogP contribution is 2.31. The molecule has 1 N–H and O–H groups in total. The predicted molar refractivity (Wildman–Crippen MR) is 130 cm³/mol. The van der Waals surface area contributed by atoms with E-state index in [2.05, 4.69) is 52.3 Å². The largest absolute Gasteiger partial charge is 0.484 e. The van der Waals surface area contributed by atoms with Gasteiger partial charge in [0, 0.05) is 52.0 Å². The summed E-state index contributed by atoms with van der Waals surface area (Å²) in [6.07, 6.45) is 2.32. The lowest BCUT2D eigenvalue weighted by Crippen LogP contribution is -2.48. The van der Waals surface area contributed by atoms with Crippen molar-refractivity contribution in [2.75, 3.05) is 64.9 Å². The topological polar surface area (TPSA) is 48.1 Å². The molecule has 6 heteroatoms. The molecular formula is C26H36N4O2. The molecule has 2 aromatic carbocycles. The number of anilines is 1. The Morgan fingerprint density at radius 2 is 1.88 bits per heavy atom. The smallest absolute Gasteiger partial charge is 0.258 e. The number of ether oxygens (including phenoxy) is 1. The number of nitrogens with zero attached hydrogens (tertiary/aromatic N) is 3. The van der Waals surface area contributed by atoms with Crippen molar-refractivity contribution in [1.29, 1.82) is 0 Å². The summed E-state index contributed by atoms with van der Waals surface area (Å²) in [5, 5.41) is 3.13. The molecule has 1 unspecified atom stereocenters. The average Bonchev–Trinajstić information content (AvgIpc) is 2.79. The number of carbonyl (C=O) groups is 1. The van der Waals surface area contributed by atoms with Crippen LogP contribution < -0.4 is 15.0 Å². The number of piperazine rings is 1. The lowest BCUT2D eigenvalue weighted by atomic mass is 9.95. The Morgan fingerprint density at radius 1 is 1.06 bits per heavy atom. The van der Waals surface area contributed by atoms with E-state index in [9.17, 15) is 4.79 Å². The number of amides is 1. The Morgan fingerprint density at radius 3 is 2.66 bits per heavy atom. The zero-order valence-electron chi connectivity index (χ0n) is 19.6. The highest BCUT2D eigenvalue weighted by Gasteiger charge is 2.26. The summed E-state index contributed by atoms with van der Waals surface area (Å²) < 4.78 is 5.69. The van der Waals surface area contributed by atoms with Gasteiger partial charge < -0.3 is 19.9 Å². The van der Waals surface area contributed by atoms with Crippen molar-refractivity contribution in [1.82, 2.24) is 15.1 Å². The maximum Gasteiger partial charge on any atom is 0.258 e. The minimum atomic E-state index is -0.0803. The second kappa shape index (κ2) is 10.4. The first-order chi connectivity index (χ1) is 15.5. The molecule has 2 aromatic rings. The van der Waals surface area contributed by atoms with Gasteiger partial charge in [-0.3, -0.25) is 9.69 Å². The van der Waals surface area contributed by atoms with Crippen LogP contribution in [-0.4, -0.2) is 75.7 Å². The van der Waals surface area contributed by atoms with Gasteiger partial charge >= 0.3 is 0 Å². The average molecular weight is 437 g/mol. The molecule has 0 radical (unpaired) electrons.